The second kappa shape index (κ2) is 5.80. The molecule has 0 aliphatic carbocycles. The molecule has 0 heterocycles. The summed E-state index contributed by atoms with van der Waals surface area (Å²) >= 11 is 0. The Morgan fingerprint density at radius 2 is 2.06 bits per heavy atom. The molecule has 0 radical (unpaired) electrons. The first-order valence-corrected chi connectivity index (χ1v) is 6.40. The van der Waals surface area contributed by atoms with Crippen LogP contribution in [0, 0.1) is 0 Å². The first-order valence-electron chi connectivity index (χ1n) is 4.92. The average molecular weight is 275 g/mol. The van der Waals surface area contributed by atoms with Crippen LogP contribution >= 0.6 is 0 Å². The number of benzene rings is 1. The van der Waals surface area contributed by atoms with Crippen molar-refractivity contribution in [1.82, 2.24) is 4.72 Å². The minimum absolute atomic E-state index is 0.120. The minimum atomic E-state index is -3.93. The fraction of sp³-hybridized carbons (Fsp3) is 0.300. The third-order valence-electron chi connectivity index (χ3n) is 2.11. The molecule has 1 aromatic carbocycles. The SMILES string of the molecule is COc1ccccc1S(=O)(=O)NCC(O)C(=O)O. The third kappa shape index (κ3) is 3.42. The van der Waals surface area contributed by atoms with Crippen LogP contribution in [0.3, 0.4) is 0 Å². The van der Waals surface area contributed by atoms with Gasteiger partial charge in [0.1, 0.15) is 10.6 Å². The van der Waals surface area contributed by atoms with Gasteiger partial charge in [0.15, 0.2) is 6.10 Å². The van der Waals surface area contributed by atoms with Crippen LogP contribution in [0.25, 0.3) is 0 Å². The fourth-order valence-corrected chi connectivity index (χ4v) is 2.40. The van der Waals surface area contributed by atoms with Gasteiger partial charge in [-0.2, -0.15) is 0 Å². The van der Waals surface area contributed by atoms with Crippen LogP contribution in [-0.4, -0.2) is 44.4 Å². The van der Waals surface area contributed by atoms with Gasteiger partial charge in [-0.15, -0.1) is 0 Å². The molecule has 0 saturated carbocycles. The van der Waals surface area contributed by atoms with Gasteiger partial charge in [0.05, 0.1) is 7.11 Å². The lowest BCUT2D eigenvalue weighted by Crippen LogP contribution is -2.36. The van der Waals surface area contributed by atoms with Gasteiger partial charge in [0.25, 0.3) is 0 Å². The highest BCUT2D eigenvalue weighted by atomic mass is 32.2. The molecule has 0 bridgehead atoms. The number of nitrogens with one attached hydrogen (secondary N) is 1. The van der Waals surface area contributed by atoms with Crippen molar-refractivity contribution in [1.29, 1.82) is 0 Å². The second-order valence-electron chi connectivity index (χ2n) is 3.36. The lowest BCUT2D eigenvalue weighted by molar-refractivity contribution is -0.146. The number of aliphatic carboxylic acids is 1. The van der Waals surface area contributed by atoms with Crippen molar-refractivity contribution in [3.63, 3.8) is 0 Å². The third-order valence-corrected chi connectivity index (χ3v) is 3.57. The Balaban J connectivity index is 2.90. The van der Waals surface area contributed by atoms with Gasteiger partial charge in [-0.3, -0.25) is 0 Å². The zero-order valence-corrected chi connectivity index (χ0v) is 10.3. The van der Waals surface area contributed by atoms with Crippen molar-refractivity contribution in [3.8, 4) is 5.75 Å². The van der Waals surface area contributed by atoms with E-state index in [1.54, 1.807) is 6.07 Å². The van der Waals surface area contributed by atoms with E-state index in [0.29, 0.717) is 0 Å². The number of aliphatic hydroxyl groups excluding tert-OH is 1. The molecule has 1 unspecified atom stereocenters. The number of sulfonamides is 1. The van der Waals surface area contributed by atoms with E-state index in [4.69, 9.17) is 14.9 Å². The number of para-hydroxylation sites is 1. The van der Waals surface area contributed by atoms with Crippen molar-refractivity contribution in [2.45, 2.75) is 11.0 Å². The van der Waals surface area contributed by atoms with Gasteiger partial charge in [0.2, 0.25) is 10.0 Å². The predicted octanol–water partition coefficient (Wildman–Crippen LogP) is -0.581. The topological polar surface area (TPSA) is 113 Å². The maximum Gasteiger partial charge on any atom is 0.333 e. The zero-order valence-electron chi connectivity index (χ0n) is 9.53. The Morgan fingerprint density at radius 1 is 1.44 bits per heavy atom. The summed E-state index contributed by atoms with van der Waals surface area (Å²) in [6.07, 6.45) is -1.80. The molecule has 0 aliphatic heterocycles. The Bertz CT molecular complexity index is 527. The van der Waals surface area contributed by atoms with Crippen molar-refractivity contribution in [2.24, 2.45) is 0 Å². The largest absolute Gasteiger partial charge is 0.495 e. The van der Waals surface area contributed by atoms with Crippen LogP contribution in [0.2, 0.25) is 0 Å². The lowest BCUT2D eigenvalue weighted by atomic mass is 10.3. The normalized spacial score (nSPS) is 13.0. The summed E-state index contributed by atoms with van der Waals surface area (Å²) in [7, 11) is -2.61. The summed E-state index contributed by atoms with van der Waals surface area (Å²) in [4.78, 5) is 10.2. The monoisotopic (exact) mass is 275 g/mol. The molecule has 3 N–H and O–H groups in total. The van der Waals surface area contributed by atoms with Gasteiger partial charge < -0.3 is 14.9 Å². The van der Waals surface area contributed by atoms with E-state index in [1.807, 2.05) is 4.72 Å². The first kappa shape index (κ1) is 14.4. The minimum Gasteiger partial charge on any atom is -0.495 e. The highest BCUT2D eigenvalue weighted by molar-refractivity contribution is 7.89. The molecule has 7 nitrogen and oxygen atoms in total. The number of rotatable bonds is 6. The van der Waals surface area contributed by atoms with Gasteiger partial charge in [-0.1, -0.05) is 12.1 Å². The molecule has 0 aliphatic rings. The summed E-state index contributed by atoms with van der Waals surface area (Å²) in [5.74, 6) is -1.37. The van der Waals surface area contributed by atoms with Crippen LogP contribution in [-0.2, 0) is 14.8 Å². The molecular formula is C10H13NO6S. The molecule has 0 saturated heterocycles. The number of ether oxygens (including phenoxy) is 1. The number of carboxylic acid groups (broad SMARTS) is 1. The highest BCUT2D eigenvalue weighted by Crippen LogP contribution is 2.22. The fourth-order valence-electron chi connectivity index (χ4n) is 1.19. The molecule has 8 heteroatoms. The van der Waals surface area contributed by atoms with Crippen LogP contribution in [0.5, 0.6) is 5.75 Å². The number of carbonyl (C=O) groups is 1. The van der Waals surface area contributed by atoms with E-state index >= 15 is 0 Å². The predicted molar refractivity (Wildman–Crippen MR) is 61.8 cm³/mol. The van der Waals surface area contributed by atoms with E-state index < -0.39 is 28.6 Å². The molecule has 18 heavy (non-hydrogen) atoms. The van der Waals surface area contributed by atoms with E-state index in [1.165, 1.54) is 25.3 Å². The van der Waals surface area contributed by atoms with Gasteiger partial charge in [0, 0.05) is 6.54 Å². The smallest absolute Gasteiger partial charge is 0.333 e. The van der Waals surface area contributed by atoms with E-state index in [0.717, 1.165) is 0 Å². The Hall–Kier alpha value is -1.64. The zero-order chi connectivity index (χ0) is 13.8. The summed E-state index contributed by atoms with van der Waals surface area (Å²) in [5.41, 5.74) is 0. The molecule has 1 atom stereocenters. The maximum atomic E-state index is 11.8. The number of aliphatic hydroxyl groups is 1. The Labute approximate surface area is 104 Å². The van der Waals surface area contributed by atoms with Crippen molar-refractivity contribution < 1.29 is 28.2 Å². The standard InChI is InChI=1S/C10H13NO6S/c1-17-8-4-2-3-5-9(8)18(15,16)11-6-7(12)10(13)14/h2-5,7,11-12H,6H2,1H3,(H,13,14). The molecule has 0 aromatic heterocycles. The van der Waals surface area contributed by atoms with Gasteiger partial charge in [-0.05, 0) is 12.1 Å². The molecule has 1 rings (SSSR count). The summed E-state index contributed by atoms with van der Waals surface area (Å²) < 4.78 is 30.6. The average Bonchev–Trinajstić information content (AvgIpc) is 2.35. The van der Waals surface area contributed by atoms with E-state index in [-0.39, 0.29) is 10.6 Å². The van der Waals surface area contributed by atoms with Crippen LogP contribution in [0.15, 0.2) is 29.2 Å². The number of hydrogen-bond acceptors (Lipinski definition) is 5. The summed E-state index contributed by atoms with van der Waals surface area (Å²) in [6.45, 7) is -0.615. The second-order valence-corrected chi connectivity index (χ2v) is 5.09. The van der Waals surface area contributed by atoms with Gasteiger partial charge in [-0.25, -0.2) is 17.9 Å². The van der Waals surface area contributed by atoms with Crippen molar-refractivity contribution in [3.05, 3.63) is 24.3 Å². The van der Waals surface area contributed by atoms with Crippen molar-refractivity contribution in [2.75, 3.05) is 13.7 Å². The highest BCUT2D eigenvalue weighted by Gasteiger charge is 2.22. The summed E-state index contributed by atoms with van der Waals surface area (Å²) in [5, 5.41) is 17.4. The molecule has 0 spiro atoms. The van der Waals surface area contributed by atoms with Crippen molar-refractivity contribution >= 4 is 16.0 Å². The maximum absolute atomic E-state index is 11.8. The molecule has 0 amide bonds. The van der Waals surface area contributed by atoms with Gasteiger partial charge >= 0.3 is 5.97 Å². The quantitative estimate of drug-likeness (QED) is 0.640. The molecular weight excluding hydrogens is 262 g/mol. The first-order chi connectivity index (χ1) is 8.38. The molecule has 100 valence electrons. The summed E-state index contributed by atoms with van der Waals surface area (Å²) in [6, 6.07) is 5.88. The van der Waals surface area contributed by atoms with Crippen LogP contribution in [0.4, 0.5) is 0 Å². The number of methoxy groups -OCH3 is 1. The lowest BCUT2D eigenvalue weighted by Gasteiger charge is -2.11. The molecule has 0 fully saturated rings. The molecule has 1 aromatic rings. The van der Waals surface area contributed by atoms with Crippen LogP contribution in [0.1, 0.15) is 0 Å². The Kier molecular flexibility index (Phi) is 4.65. The van der Waals surface area contributed by atoms with E-state index in [2.05, 4.69) is 0 Å². The van der Waals surface area contributed by atoms with E-state index in [9.17, 15) is 13.2 Å². The number of carboxylic acids is 1. The number of hydrogen-bond donors (Lipinski definition) is 3. The van der Waals surface area contributed by atoms with Crippen LogP contribution < -0.4 is 9.46 Å². The Morgan fingerprint density at radius 3 is 2.61 bits per heavy atom.